The van der Waals surface area contributed by atoms with Crippen molar-refractivity contribution in [2.24, 2.45) is 17.6 Å². The molecule has 20 heavy (non-hydrogen) atoms. The lowest BCUT2D eigenvalue weighted by molar-refractivity contribution is 0.0779. The van der Waals surface area contributed by atoms with Crippen LogP contribution in [0.25, 0.3) is 0 Å². The predicted molar refractivity (Wildman–Crippen MR) is 86.5 cm³/mol. The van der Waals surface area contributed by atoms with Crippen molar-refractivity contribution < 1.29 is 4.79 Å². The number of nitrogens with zero attached hydrogens (tertiary/aromatic N) is 1. The van der Waals surface area contributed by atoms with Gasteiger partial charge < -0.3 is 10.6 Å². The Morgan fingerprint density at radius 1 is 1.35 bits per heavy atom. The van der Waals surface area contributed by atoms with E-state index in [4.69, 9.17) is 17.3 Å². The zero-order chi connectivity index (χ0) is 13.6. The van der Waals surface area contributed by atoms with Gasteiger partial charge in [-0.05, 0) is 58.8 Å². The molecular formula is C14H17BrCl2N2O. The smallest absolute Gasteiger partial charge is 0.253 e. The first-order valence-corrected chi connectivity index (χ1v) is 7.73. The van der Waals surface area contributed by atoms with E-state index < -0.39 is 0 Å². The van der Waals surface area contributed by atoms with Crippen LogP contribution in [-0.4, -0.2) is 29.9 Å². The first-order valence-electron chi connectivity index (χ1n) is 6.56. The van der Waals surface area contributed by atoms with E-state index in [2.05, 4.69) is 15.9 Å². The molecule has 6 heteroatoms. The molecule has 0 bridgehead atoms. The van der Waals surface area contributed by atoms with Crippen LogP contribution in [0.1, 0.15) is 23.2 Å². The second kappa shape index (κ2) is 6.22. The molecule has 2 fully saturated rings. The van der Waals surface area contributed by atoms with Crippen molar-refractivity contribution in [2.45, 2.75) is 18.9 Å². The molecule has 0 radical (unpaired) electrons. The molecular weight excluding hydrogens is 363 g/mol. The van der Waals surface area contributed by atoms with Crippen LogP contribution in [0.2, 0.25) is 5.02 Å². The van der Waals surface area contributed by atoms with E-state index in [1.165, 1.54) is 0 Å². The molecule has 3 atom stereocenters. The van der Waals surface area contributed by atoms with Crippen molar-refractivity contribution in [3.63, 3.8) is 0 Å². The fourth-order valence-electron chi connectivity index (χ4n) is 3.29. The zero-order valence-corrected chi connectivity index (χ0v) is 14.0. The summed E-state index contributed by atoms with van der Waals surface area (Å²) in [5.41, 5.74) is 6.79. The monoisotopic (exact) mass is 378 g/mol. The summed E-state index contributed by atoms with van der Waals surface area (Å²) < 4.78 is 0.760. The van der Waals surface area contributed by atoms with Crippen molar-refractivity contribution in [3.8, 4) is 0 Å². The first kappa shape index (κ1) is 16.1. The molecule has 3 rings (SSSR count). The number of benzene rings is 1. The molecule has 1 aliphatic heterocycles. The number of hydrogen-bond donors (Lipinski definition) is 1. The number of carbonyl (C=O) groups excluding carboxylic acids is 1. The SMILES string of the molecule is Cl.NC1CCC2CN(C(=O)c3ccc(Cl)c(Br)c3)CC12. The van der Waals surface area contributed by atoms with Crippen LogP contribution in [-0.2, 0) is 0 Å². The van der Waals surface area contributed by atoms with Crippen LogP contribution in [0.4, 0.5) is 0 Å². The van der Waals surface area contributed by atoms with Crippen molar-refractivity contribution in [1.29, 1.82) is 0 Å². The minimum absolute atomic E-state index is 0. The Hall–Kier alpha value is -0.290. The third kappa shape index (κ3) is 2.84. The molecule has 0 spiro atoms. The first-order chi connectivity index (χ1) is 9.06. The van der Waals surface area contributed by atoms with Gasteiger partial charge in [0.15, 0.2) is 0 Å². The van der Waals surface area contributed by atoms with E-state index in [1.54, 1.807) is 18.2 Å². The number of halogens is 3. The molecule has 1 aromatic rings. The Morgan fingerprint density at radius 3 is 2.75 bits per heavy atom. The molecule has 1 saturated carbocycles. The van der Waals surface area contributed by atoms with Crippen LogP contribution >= 0.6 is 39.9 Å². The number of rotatable bonds is 1. The number of likely N-dealkylation sites (tertiary alicyclic amines) is 1. The summed E-state index contributed by atoms with van der Waals surface area (Å²) in [6.45, 7) is 1.64. The summed E-state index contributed by atoms with van der Waals surface area (Å²) in [4.78, 5) is 14.4. The summed E-state index contributed by atoms with van der Waals surface area (Å²) in [6, 6.07) is 5.59. The van der Waals surface area contributed by atoms with Gasteiger partial charge in [-0.2, -0.15) is 0 Å². The van der Waals surface area contributed by atoms with Crippen LogP contribution in [0.5, 0.6) is 0 Å². The van der Waals surface area contributed by atoms with Gasteiger partial charge in [0.25, 0.3) is 5.91 Å². The molecule has 1 amide bonds. The summed E-state index contributed by atoms with van der Waals surface area (Å²) in [5.74, 6) is 1.16. The van der Waals surface area contributed by atoms with Gasteiger partial charge in [0, 0.05) is 29.2 Å². The Morgan fingerprint density at radius 2 is 2.10 bits per heavy atom. The lowest BCUT2D eigenvalue weighted by Gasteiger charge is -2.19. The highest BCUT2D eigenvalue weighted by Gasteiger charge is 2.42. The van der Waals surface area contributed by atoms with Gasteiger partial charge in [0.2, 0.25) is 0 Å². The van der Waals surface area contributed by atoms with Crippen LogP contribution in [0.15, 0.2) is 22.7 Å². The second-order valence-corrected chi connectivity index (χ2v) is 6.77. The quantitative estimate of drug-likeness (QED) is 0.813. The van der Waals surface area contributed by atoms with Crippen molar-refractivity contribution >= 4 is 45.8 Å². The fraction of sp³-hybridized carbons (Fsp3) is 0.500. The van der Waals surface area contributed by atoms with Gasteiger partial charge in [-0.15, -0.1) is 12.4 Å². The third-order valence-electron chi connectivity index (χ3n) is 4.37. The predicted octanol–water partition coefficient (Wildman–Crippen LogP) is 3.33. The molecule has 1 aliphatic carbocycles. The lowest BCUT2D eigenvalue weighted by atomic mass is 9.98. The van der Waals surface area contributed by atoms with Gasteiger partial charge in [-0.3, -0.25) is 4.79 Å². The van der Waals surface area contributed by atoms with Crippen molar-refractivity contribution in [1.82, 2.24) is 4.90 Å². The zero-order valence-electron chi connectivity index (χ0n) is 10.9. The van der Waals surface area contributed by atoms with Gasteiger partial charge >= 0.3 is 0 Å². The summed E-state index contributed by atoms with van der Waals surface area (Å²) >= 11 is 9.31. The van der Waals surface area contributed by atoms with Gasteiger partial charge in [0.1, 0.15) is 0 Å². The molecule has 1 saturated heterocycles. The topological polar surface area (TPSA) is 46.3 Å². The maximum atomic E-state index is 12.5. The van der Waals surface area contributed by atoms with E-state index >= 15 is 0 Å². The Kier molecular flexibility index (Phi) is 5.00. The van der Waals surface area contributed by atoms with Crippen LogP contribution in [0.3, 0.4) is 0 Å². The number of nitrogens with two attached hydrogens (primary N) is 1. The maximum Gasteiger partial charge on any atom is 0.253 e. The average molecular weight is 380 g/mol. The van der Waals surface area contributed by atoms with Gasteiger partial charge in [-0.25, -0.2) is 0 Å². The van der Waals surface area contributed by atoms with E-state index in [0.717, 1.165) is 30.4 Å². The molecule has 2 N–H and O–H groups in total. The number of fused-ring (bicyclic) bond motifs is 1. The fourth-order valence-corrected chi connectivity index (χ4v) is 3.78. The van der Waals surface area contributed by atoms with E-state index in [0.29, 0.717) is 22.4 Å². The Balaban J connectivity index is 0.00000147. The minimum atomic E-state index is 0. The molecule has 3 unspecified atom stereocenters. The normalized spacial score (nSPS) is 28.1. The second-order valence-electron chi connectivity index (χ2n) is 5.50. The number of hydrogen-bond acceptors (Lipinski definition) is 2. The molecule has 1 heterocycles. The van der Waals surface area contributed by atoms with Gasteiger partial charge in [-0.1, -0.05) is 11.6 Å². The average Bonchev–Trinajstić information content (AvgIpc) is 2.95. The summed E-state index contributed by atoms with van der Waals surface area (Å²) in [7, 11) is 0. The van der Waals surface area contributed by atoms with E-state index in [1.807, 2.05) is 4.90 Å². The van der Waals surface area contributed by atoms with Crippen molar-refractivity contribution in [2.75, 3.05) is 13.1 Å². The van der Waals surface area contributed by atoms with Gasteiger partial charge in [0.05, 0.1) is 5.02 Å². The van der Waals surface area contributed by atoms with Crippen LogP contribution < -0.4 is 5.73 Å². The molecule has 2 aliphatic rings. The minimum Gasteiger partial charge on any atom is -0.338 e. The lowest BCUT2D eigenvalue weighted by Crippen LogP contribution is -2.33. The van der Waals surface area contributed by atoms with E-state index in [-0.39, 0.29) is 24.4 Å². The molecule has 0 aromatic heterocycles. The molecule has 1 aromatic carbocycles. The highest BCUT2D eigenvalue weighted by atomic mass is 79.9. The van der Waals surface area contributed by atoms with Crippen molar-refractivity contribution in [3.05, 3.63) is 33.3 Å². The summed E-state index contributed by atoms with van der Waals surface area (Å²) in [5, 5.41) is 0.622. The van der Waals surface area contributed by atoms with E-state index in [9.17, 15) is 4.79 Å². The summed E-state index contributed by atoms with van der Waals surface area (Å²) in [6.07, 6.45) is 2.25. The largest absolute Gasteiger partial charge is 0.338 e. The highest BCUT2D eigenvalue weighted by Crippen LogP contribution is 2.37. The third-order valence-corrected chi connectivity index (χ3v) is 5.58. The molecule has 3 nitrogen and oxygen atoms in total. The Bertz CT molecular complexity index is 526. The highest BCUT2D eigenvalue weighted by molar-refractivity contribution is 9.10. The van der Waals surface area contributed by atoms with Crippen LogP contribution in [0, 0.1) is 11.8 Å². The standard InChI is InChI=1S/C14H16BrClN2O.ClH/c15-11-5-8(1-3-12(11)16)14(19)18-6-9-2-4-13(17)10(9)7-18;/h1,3,5,9-10,13H,2,4,6-7,17H2;1H. The maximum absolute atomic E-state index is 12.5. The number of amides is 1. The molecule has 110 valence electrons. The number of carbonyl (C=O) groups is 1. The Labute approximate surface area is 138 Å².